The molecule has 7 heteroatoms. The van der Waals surface area contributed by atoms with Gasteiger partial charge in [0.25, 0.3) is 5.91 Å². The molecule has 5 nitrogen and oxygen atoms in total. The number of para-hydroxylation sites is 1. The zero-order valence-corrected chi connectivity index (χ0v) is 15.0. The van der Waals surface area contributed by atoms with Gasteiger partial charge in [-0.25, -0.2) is 9.07 Å². The number of halogens is 1. The van der Waals surface area contributed by atoms with E-state index >= 15 is 0 Å². The molecule has 1 N–H and O–H groups in total. The Balaban J connectivity index is 1.96. The molecule has 0 bridgehead atoms. The van der Waals surface area contributed by atoms with Gasteiger partial charge in [-0.2, -0.15) is 5.10 Å². The molecule has 0 aliphatic carbocycles. The Morgan fingerprint density at radius 2 is 1.85 bits per heavy atom. The molecule has 0 unspecified atom stereocenters. The van der Waals surface area contributed by atoms with Gasteiger partial charge in [0, 0.05) is 22.3 Å². The summed E-state index contributed by atoms with van der Waals surface area (Å²) < 4.78 is 15.3. The molecule has 1 amide bonds. The van der Waals surface area contributed by atoms with E-state index in [9.17, 15) is 14.0 Å². The number of amides is 1. The predicted octanol–water partition coefficient (Wildman–Crippen LogP) is 3.65. The molecule has 2 aromatic carbocycles. The van der Waals surface area contributed by atoms with Crippen LogP contribution in [-0.4, -0.2) is 21.9 Å². The second-order valence-corrected chi connectivity index (χ2v) is 6.42. The first-order valence-electron chi connectivity index (χ1n) is 7.81. The molecule has 3 rings (SSSR count). The maximum absolute atomic E-state index is 14.1. The Hall–Kier alpha value is -2.93. The van der Waals surface area contributed by atoms with E-state index in [4.69, 9.17) is 0 Å². The summed E-state index contributed by atoms with van der Waals surface area (Å²) in [5.41, 5.74) is 0.331. The maximum atomic E-state index is 14.1. The minimum Gasteiger partial charge on any atom is -0.320 e. The van der Waals surface area contributed by atoms with Crippen LogP contribution in [0.2, 0.25) is 0 Å². The summed E-state index contributed by atoms with van der Waals surface area (Å²) >= 11 is 1.58. The maximum Gasteiger partial charge on any atom is 0.280 e. The quantitative estimate of drug-likeness (QED) is 0.713. The summed E-state index contributed by atoms with van der Waals surface area (Å²) in [6.45, 7) is 1.63. The molecule has 0 saturated carbocycles. The number of nitrogens with zero attached hydrogens (tertiary/aromatic N) is 2. The van der Waals surface area contributed by atoms with E-state index in [2.05, 4.69) is 10.4 Å². The van der Waals surface area contributed by atoms with Crippen LogP contribution >= 0.6 is 11.8 Å². The van der Waals surface area contributed by atoms with Crippen molar-refractivity contribution in [1.82, 2.24) is 9.78 Å². The summed E-state index contributed by atoms with van der Waals surface area (Å²) in [7, 11) is 0. The summed E-state index contributed by atoms with van der Waals surface area (Å²) in [5, 5.41) is 6.73. The Bertz CT molecular complexity index is 1020. The zero-order chi connectivity index (χ0) is 18.7. The Morgan fingerprint density at radius 1 is 1.15 bits per heavy atom. The highest BCUT2D eigenvalue weighted by Gasteiger charge is 2.16. The standard InChI is InChI=1S/C19H16FN3O2S/c1-12-11-17(24)18(22-23(12)16-6-4-3-5-15(16)20)19(25)21-13-7-9-14(26-2)10-8-13/h3-11H,1-2H3,(H,21,25). The lowest BCUT2D eigenvalue weighted by molar-refractivity contribution is 0.101. The molecule has 0 fully saturated rings. The van der Waals surface area contributed by atoms with Crippen LogP contribution in [0.25, 0.3) is 5.69 Å². The minimum atomic E-state index is -0.642. The second-order valence-electron chi connectivity index (χ2n) is 5.54. The van der Waals surface area contributed by atoms with Crippen LogP contribution < -0.4 is 10.7 Å². The molecule has 3 aromatic rings. The van der Waals surface area contributed by atoms with E-state index in [1.165, 1.54) is 22.9 Å². The first kappa shape index (κ1) is 17.9. The third-order valence-electron chi connectivity index (χ3n) is 3.75. The van der Waals surface area contributed by atoms with E-state index in [0.29, 0.717) is 11.4 Å². The van der Waals surface area contributed by atoms with Gasteiger partial charge < -0.3 is 5.32 Å². The van der Waals surface area contributed by atoms with Gasteiger partial charge in [0.15, 0.2) is 5.69 Å². The summed E-state index contributed by atoms with van der Waals surface area (Å²) in [5.74, 6) is -1.14. The third kappa shape index (κ3) is 3.67. The minimum absolute atomic E-state index is 0.170. The lowest BCUT2D eigenvalue weighted by Gasteiger charge is -2.12. The largest absolute Gasteiger partial charge is 0.320 e. The lowest BCUT2D eigenvalue weighted by Crippen LogP contribution is -2.27. The number of hydrogen-bond acceptors (Lipinski definition) is 4. The summed E-state index contributed by atoms with van der Waals surface area (Å²) in [4.78, 5) is 25.7. The van der Waals surface area contributed by atoms with E-state index in [1.807, 2.05) is 18.4 Å². The van der Waals surface area contributed by atoms with Gasteiger partial charge in [-0.1, -0.05) is 12.1 Å². The van der Waals surface area contributed by atoms with Crippen molar-refractivity contribution < 1.29 is 9.18 Å². The van der Waals surface area contributed by atoms with Gasteiger partial charge in [0.05, 0.1) is 0 Å². The highest BCUT2D eigenvalue weighted by Crippen LogP contribution is 2.18. The molecule has 1 aromatic heterocycles. The molecule has 0 spiro atoms. The van der Waals surface area contributed by atoms with Crippen molar-refractivity contribution in [1.29, 1.82) is 0 Å². The van der Waals surface area contributed by atoms with Gasteiger partial charge >= 0.3 is 0 Å². The molecule has 0 saturated heterocycles. The van der Waals surface area contributed by atoms with Gasteiger partial charge in [0.1, 0.15) is 11.5 Å². The number of carbonyl (C=O) groups is 1. The van der Waals surface area contributed by atoms with E-state index in [1.54, 1.807) is 43.0 Å². The average molecular weight is 369 g/mol. The fourth-order valence-corrected chi connectivity index (χ4v) is 2.84. The highest BCUT2D eigenvalue weighted by molar-refractivity contribution is 7.98. The lowest BCUT2D eigenvalue weighted by atomic mass is 10.2. The van der Waals surface area contributed by atoms with Gasteiger partial charge in [-0.05, 0) is 49.6 Å². The van der Waals surface area contributed by atoms with Crippen molar-refractivity contribution in [2.75, 3.05) is 11.6 Å². The third-order valence-corrected chi connectivity index (χ3v) is 4.49. The SMILES string of the molecule is CSc1ccc(NC(=O)c2nn(-c3ccccc3F)c(C)cc2=O)cc1. The highest BCUT2D eigenvalue weighted by atomic mass is 32.2. The van der Waals surface area contributed by atoms with Crippen LogP contribution in [0.5, 0.6) is 0 Å². The Kier molecular flexibility index (Phi) is 5.18. The number of nitrogens with one attached hydrogen (secondary N) is 1. The topological polar surface area (TPSA) is 64.0 Å². The number of thioether (sulfide) groups is 1. The Labute approximate surface area is 153 Å². The monoisotopic (exact) mass is 369 g/mol. The number of hydrogen-bond donors (Lipinski definition) is 1. The molecule has 26 heavy (non-hydrogen) atoms. The number of anilines is 1. The van der Waals surface area contributed by atoms with Crippen LogP contribution in [0.1, 0.15) is 16.2 Å². The number of aromatic nitrogens is 2. The average Bonchev–Trinajstić information content (AvgIpc) is 2.63. The van der Waals surface area contributed by atoms with Crippen LogP contribution in [0, 0.1) is 12.7 Å². The molecule has 0 aliphatic rings. The van der Waals surface area contributed by atoms with Gasteiger partial charge in [0.2, 0.25) is 5.43 Å². The smallest absolute Gasteiger partial charge is 0.280 e. The van der Waals surface area contributed by atoms with Crippen molar-refractivity contribution in [2.24, 2.45) is 0 Å². The van der Waals surface area contributed by atoms with Crippen molar-refractivity contribution >= 4 is 23.4 Å². The van der Waals surface area contributed by atoms with Crippen molar-refractivity contribution in [2.45, 2.75) is 11.8 Å². The second kappa shape index (κ2) is 7.53. The molecule has 0 aliphatic heterocycles. The molecular formula is C19H16FN3O2S. The van der Waals surface area contributed by atoms with Gasteiger partial charge in [-0.15, -0.1) is 11.8 Å². The van der Waals surface area contributed by atoms with Crippen molar-refractivity contribution in [3.63, 3.8) is 0 Å². The molecule has 132 valence electrons. The van der Waals surface area contributed by atoms with Crippen molar-refractivity contribution in [3.05, 3.63) is 82.0 Å². The number of rotatable bonds is 4. The fraction of sp³-hybridized carbons (Fsp3) is 0.105. The number of aryl methyl sites for hydroxylation is 1. The first-order chi connectivity index (χ1) is 12.5. The fourth-order valence-electron chi connectivity index (χ4n) is 2.44. The normalized spacial score (nSPS) is 10.6. The molecular weight excluding hydrogens is 353 g/mol. The van der Waals surface area contributed by atoms with Crippen molar-refractivity contribution in [3.8, 4) is 5.69 Å². The van der Waals surface area contributed by atoms with E-state index in [-0.39, 0.29) is 11.4 Å². The van der Waals surface area contributed by atoms with E-state index in [0.717, 1.165) is 4.90 Å². The van der Waals surface area contributed by atoms with Crippen LogP contribution in [0.15, 0.2) is 64.3 Å². The molecule has 1 heterocycles. The predicted molar refractivity (Wildman–Crippen MR) is 101 cm³/mol. The Morgan fingerprint density at radius 3 is 2.50 bits per heavy atom. The first-order valence-corrected chi connectivity index (χ1v) is 9.03. The molecule has 0 radical (unpaired) electrons. The van der Waals surface area contributed by atoms with Gasteiger partial charge in [-0.3, -0.25) is 9.59 Å². The number of benzene rings is 2. The van der Waals surface area contributed by atoms with Crippen LogP contribution in [0.3, 0.4) is 0 Å². The zero-order valence-electron chi connectivity index (χ0n) is 14.2. The summed E-state index contributed by atoms with van der Waals surface area (Å²) in [6, 6.07) is 14.5. The van der Waals surface area contributed by atoms with Crippen LogP contribution in [-0.2, 0) is 0 Å². The molecule has 0 atom stereocenters. The van der Waals surface area contributed by atoms with Crippen LogP contribution in [0.4, 0.5) is 10.1 Å². The van der Waals surface area contributed by atoms with E-state index < -0.39 is 17.2 Å². The summed E-state index contributed by atoms with van der Waals surface area (Å²) in [6.07, 6.45) is 1.95. The number of carbonyl (C=O) groups excluding carboxylic acids is 1.